The van der Waals surface area contributed by atoms with Crippen molar-refractivity contribution in [2.75, 3.05) is 16.4 Å². The molecule has 0 aliphatic rings. The molecule has 5 nitrogen and oxygen atoms in total. The molecule has 0 bridgehead atoms. The Hall–Kier alpha value is -0.630. The largest absolute Gasteiger partial charge is 0.280 e. The van der Waals surface area contributed by atoms with E-state index in [0.29, 0.717) is 22.5 Å². The van der Waals surface area contributed by atoms with Crippen LogP contribution in [-0.2, 0) is 10.0 Å². The van der Waals surface area contributed by atoms with E-state index >= 15 is 0 Å². The summed E-state index contributed by atoms with van der Waals surface area (Å²) in [6, 6.07) is 3.28. The van der Waals surface area contributed by atoms with Crippen LogP contribution in [0, 0.1) is 0 Å². The number of sulfonamides is 1. The predicted molar refractivity (Wildman–Crippen MR) is 75.2 cm³/mol. The molecular weight excluding hydrogens is 317 g/mol. The third-order valence-corrected chi connectivity index (χ3v) is 4.65. The number of alkyl halides is 1. The fourth-order valence-electron chi connectivity index (χ4n) is 1.38. The van der Waals surface area contributed by atoms with E-state index in [4.69, 9.17) is 23.2 Å². The van der Waals surface area contributed by atoms with Gasteiger partial charge in [-0.25, -0.2) is 8.42 Å². The van der Waals surface area contributed by atoms with E-state index in [1.54, 1.807) is 12.1 Å². The van der Waals surface area contributed by atoms with Crippen LogP contribution in [0.25, 0.3) is 11.0 Å². The first kappa shape index (κ1) is 13.8. The van der Waals surface area contributed by atoms with Crippen molar-refractivity contribution in [1.29, 1.82) is 0 Å². The molecule has 1 aromatic heterocycles. The van der Waals surface area contributed by atoms with Crippen LogP contribution in [0.2, 0.25) is 5.02 Å². The summed E-state index contributed by atoms with van der Waals surface area (Å²) in [6.45, 7) is 0. The van der Waals surface area contributed by atoms with E-state index < -0.39 is 10.0 Å². The highest BCUT2D eigenvalue weighted by Gasteiger charge is 2.16. The van der Waals surface area contributed by atoms with Gasteiger partial charge in [-0.2, -0.15) is 8.75 Å². The molecule has 0 saturated heterocycles. The molecule has 1 aromatic carbocycles. The van der Waals surface area contributed by atoms with Gasteiger partial charge in [0, 0.05) is 5.88 Å². The number of fused-ring (bicyclic) bond motifs is 1. The summed E-state index contributed by atoms with van der Waals surface area (Å²) in [5.41, 5.74) is 1.35. The Morgan fingerprint density at radius 1 is 1.33 bits per heavy atom. The first-order valence-corrected chi connectivity index (χ1v) is 8.30. The van der Waals surface area contributed by atoms with Gasteiger partial charge in [-0.15, -0.1) is 11.6 Å². The average molecular weight is 326 g/mol. The summed E-state index contributed by atoms with van der Waals surface area (Å²) in [7, 11) is -3.47. The number of rotatable bonds is 5. The van der Waals surface area contributed by atoms with Crippen molar-refractivity contribution >= 4 is 61.7 Å². The van der Waals surface area contributed by atoms with Crippen LogP contribution in [0.5, 0.6) is 0 Å². The second kappa shape index (κ2) is 5.56. The fraction of sp³-hybridized carbons (Fsp3) is 0.333. The molecular formula is C9H9Cl2N3O2S2. The van der Waals surface area contributed by atoms with Crippen molar-refractivity contribution in [1.82, 2.24) is 8.75 Å². The van der Waals surface area contributed by atoms with Crippen molar-refractivity contribution in [3.05, 3.63) is 17.2 Å². The number of nitrogens with zero attached hydrogens (tertiary/aromatic N) is 2. The maximum Gasteiger partial charge on any atom is 0.232 e. The summed E-state index contributed by atoms with van der Waals surface area (Å²) in [5.74, 6) is 0.234. The second-order valence-corrected chi connectivity index (χ2v) is 6.67. The van der Waals surface area contributed by atoms with Gasteiger partial charge in [0.2, 0.25) is 10.0 Å². The molecule has 18 heavy (non-hydrogen) atoms. The average Bonchev–Trinajstić information content (AvgIpc) is 2.79. The monoisotopic (exact) mass is 325 g/mol. The Morgan fingerprint density at radius 2 is 2.11 bits per heavy atom. The predicted octanol–water partition coefficient (Wildman–Crippen LogP) is 2.72. The van der Waals surface area contributed by atoms with Gasteiger partial charge in [0.15, 0.2) is 0 Å². The molecule has 0 amide bonds. The van der Waals surface area contributed by atoms with Crippen molar-refractivity contribution in [2.24, 2.45) is 0 Å². The minimum Gasteiger partial charge on any atom is -0.280 e. The van der Waals surface area contributed by atoms with Gasteiger partial charge in [0.05, 0.1) is 28.2 Å². The van der Waals surface area contributed by atoms with Gasteiger partial charge in [0.25, 0.3) is 0 Å². The zero-order chi connectivity index (χ0) is 13.2. The molecule has 2 rings (SSSR count). The number of anilines is 1. The number of nitrogens with one attached hydrogen (secondary N) is 1. The van der Waals surface area contributed by atoms with E-state index in [0.717, 1.165) is 11.7 Å². The summed E-state index contributed by atoms with van der Waals surface area (Å²) in [4.78, 5) is 0. The molecule has 0 aliphatic carbocycles. The molecule has 0 aliphatic heterocycles. The van der Waals surface area contributed by atoms with E-state index in [1.165, 1.54) is 0 Å². The molecule has 0 fully saturated rings. The van der Waals surface area contributed by atoms with Crippen LogP contribution >= 0.6 is 34.9 Å². The minimum atomic E-state index is -3.47. The maximum atomic E-state index is 11.8. The van der Waals surface area contributed by atoms with Gasteiger partial charge in [-0.3, -0.25) is 4.72 Å². The number of hydrogen-bond acceptors (Lipinski definition) is 5. The lowest BCUT2D eigenvalue weighted by molar-refractivity contribution is 0.600. The topological polar surface area (TPSA) is 72.0 Å². The van der Waals surface area contributed by atoms with Crippen molar-refractivity contribution in [3.63, 3.8) is 0 Å². The lowest BCUT2D eigenvalue weighted by Gasteiger charge is -2.09. The third-order valence-electron chi connectivity index (χ3n) is 2.18. The van der Waals surface area contributed by atoms with Crippen molar-refractivity contribution in [2.45, 2.75) is 6.42 Å². The molecule has 0 atom stereocenters. The molecule has 0 unspecified atom stereocenters. The SMILES string of the molecule is O=S(=O)(CCCCl)Nc1c(Cl)ccc2nsnc12. The number of aromatic nitrogens is 2. The molecule has 0 spiro atoms. The minimum absolute atomic E-state index is 0.0548. The highest BCUT2D eigenvalue weighted by atomic mass is 35.5. The first-order valence-electron chi connectivity index (χ1n) is 5.01. The normalized spacial score (nSPS) is 11.9. The van der Waals surface area contributed by atoms with Crippen LogP contribution in [0.1, 0.15) is 6.42 Å². The first-order chi connectivity index (χ1) is 8.53. The molecule has 9 heteroatoms. The van der Waals surface area contributed by atoms with Gasteiger partial charge in [-0.05, 0) is 18.6 Å². The number of halogens is 2. The van der Waals surface area contributed by atoms with Crippen LogP contribution in [0.3, 0.4) is 0 Å². The third kappa shape index (κ3) is 3.03. The van der Waals surface area contributed by atoms with Gasteiger partial charge >= 0.3 is 0 Å². The van der Waals surface area contributed by atoms with E-state index in [9.17, 15) is 8.42 Å². The second-order valence-electron chi connectivity index (χ2n) is 3.52. The Kier molecular flexibility index (Phi) is 4.26. The zero-order valence-electron chi connectivity index (χ0n) is 9.06. The molecule has 98 valence electrons. The summed E-state index contributed by atoms with van der Waals surface area (Å²) < 4.78 is 34.1. The van der Waals surface area contributed by atoms with Crippen LogP contribution in [0.15, 0.2) is 12.1 Å². The van der Waals surface area contributed by atoms with Crippen LogP contribution < -0.4 is 4.72 Å². The van der Waals surface area contributed by atoms with Crippen LogP contribution in [0.4, 0.5) is 5.69 Å². The zero-order valence-corrected chi connectivity index (χ0v) is 12.2. The summed E-state index contributed by atoms with van der Waals surface area (Å²) >= 11 is 12.5. The van der Waals surface area contributed by atoms with E-state index in [1.807, 2.05) is 0 Å². The Labute approximate surface area is 118 Å². The van der Waals surface area contributed by atoms with E-state index in [2.05, 4.69) is 13.5 Å². The van der Waals surface area contributed by atoms with Crippen molar-refractivity contribution < 1.29 is 8.42 Å². The van der Waals surface area contributed by atoms with E-state index in [-0.39, 0.29) is 17.3 Å². The number of hydrogen-bond donors (Lipinski definition) is 1. The molecule has 0 radical (unpaired) electrons. The highest BCUT2D eigenvalue weighted by molar-refractivity contribution is 7.92. The van der Waals surface area contributed by atoms with Crippen molar-refractivity contribution in [3.8, 4) is 0 Å². The van der Waals surface area contributed by atoms with Crippen LogP contribution in [-0.4, -0.2) is 28.8 Å². The van der Waals surface area contributed by atoms with Gasteiger partial charge in [-0.1, -0.05) is 11.6 Å². The molecule has 1 heterocycles. The summed E-state index contributed by atoms with van der Waals surface area (Å²) in [6.07, 6.45) is 0.375. The smallest absolute Gasteiger partial charge is 0.232 e. The lowest BCUT2D eigenvalue weighted by Crippen LogP contribution is -2.17. The van der Waals surface area contributed by atoms with Gasteiger partial charge in [0.1, 0.15) is 11.0 Å². The quantitative estimate of drug-likeness (QED) is 0.858. The maximum absolute atomic E-state index is 11.8. The molecule has 0 saturated carbocycles. The Balaban J connectivity index is 2.36. The van der Waals surface area contributed by atoms with Gasteiger partial charge < -0.3 is 0 Å². The fourth-order valence-corrected chi connectivity index (χ4v) is 3.61. The molecule has 1 N–H and O–H groups in total. The highest BCUT2D eigenvalue weighted by Crippen LogP contribution is 2.30. The Morgan fingerprint density at radius 3 is 2.83 bits per heavy atom. The molecule has 2 aromatic rings. The number of benzene rings is 1. The summed E-state index contributed by atoms with van der Waals surface area (Å²) in [5, 5.41) is 0.296. The standard InChI is InChI=1S/C9H9Cl2N3O2S2/c10-4-1-5-18(15,16)14-8-6(11)2-3-7-9(8)13-17-12-7/h2-3,14H,1,4-5H2. The Bertz CT molecular complexity index is 657. The lowest BCUT2D eigenvalue weighted by atomic mass is 10.3.